The molecular weight excluding hydrogens is 224 g/mol. The van der Waals surface area contributed by atoms with Crippen molar-refractivity contribution < 1.29 is 0 Å². The average Bonchev–Trinajstić information content (AvgIpc) is 2.85. The van der Waals surface area contributed by atoms with E-state index >= 15 is 0 Å². The van der Waals surface area contributed by atoms with E-state index in [1.165, 1.54) is 58.5 Å². The smallest absolute Gasteiger partial charge is 0.0250 e. The van der Waals surface area contributed by atoms with Gasteiger partial charge >= 0.3 is 0 Å². The molecular formula is C14H30N4. The fourth-order valence-electron chi connectivity index (χ4n) is 3.37. The molecule has 2 rings (SSSR count). The van der Waals surface area contributed by atoms with Crippen molar-refractivity contribution in [2.45, 2.75) is 31.3 Å². The predicted molar refractivity (Wildman–Crippen MR) is 77.1 cm³/mol. The van der Waals surface area contributed by atoms with Crippen LogP contribution in [0, 0.1) is 0 Å². The molecule has 2 aliphatic rings. The van der Waals surface area contributed by atoms with Gasteiger partial charge in [-0.15, -0.1) is 0 Å². The highest BCUT2D eigenvalue weighted by molar-refractivity contribution is 4.91. The van der Waals surface area contributed by atoms with Crippen molar-refractivity contribution in [1.82, 2.24) is 20.0 Å². The Bertz CT molecular complexity index is 236. The SMILES string of the molecule is CNC1CCCC1N1CCN(CCN(C)C)CC1. The van der Waals surface area contributed by atoms with E-state index < -0.39 is 0 Å². The van der Waals surface area contributed by atoms with Gasteiger partial charge in [0.15, 0.2) is 0 Å². The normalized spacial score (nSPS) is 31.3. The fraction of sp³-hybridized carbons (Fsp3) is 1.00. The minimum Gasteiger partial charge on any atom is -0.315 e. The van der Waals surface area contributed by atoms with Gasteiger partial charge in [-0.25, -0.2) is 0 Å². The molecule has 2 fully saturated rings. The van der Waals surface area contributed by atoms with Gasteiger partial charge in [-0.05, 0) is 34.0 Å². The molecule has 18 heavy (non-hydrogen) atoms. The quantitative estimate of drug-likeness (QED) is 0.762. The third-order valence-corrected chi connectivity index (χ3v) is 4.59. The molecule has 0 aromatic heterocycles. The van der Waals surface area contributed by atoms with Crippen molar-refractivity contribution in [1.29, 1.82) is 0 Å². The van der Waals surface area contributed by atoms with Crippen LogP contribution in [0.15, 0.2) is 0 Å². The Morgan fingerprint density at radius 3 is 2.44 bits per heavy atom. The van der Waals surface area contributed by atoms with Crippen molar-refractivity contribution >= 4 is 0 Å². The summed E-state index contributed by atoms with van der Waals surface area (Å²) in [4.78, 5) is 7.61. The van der Waals surface area contributed by atoms with Crippen molar-refractivity contribution in [3.8, 4) is 0 Å². The fourth-order valence-corrected chi connectivity index (χ4v) is 3.37. The highest BCUT2D eigenvalue weighted by atomic mass is 15.3. The lowest BCUT2D eigenvalue weighted by Gasteiger charge is -2.40. The lowest BCUT2D eigenvalue weighted by Crippen LogP contribution is -2.54. The van der Waals surface area contributed by atoms with Crippen LogP contribution in [0.25, 0.3) is 0 Å². The predicted octanol–water partition coefficient (Wildman–Crippen LogP) is 0.306. The van der Waals surface area contributed by atoms with E-state index in [0.717, 1.165) is 12.1 Å². The Morgan fingerprint density at radius 2 is 1.83 bits per heavy atom. The Morgan fingerprint density at radius 1 is 1.11 bits per heavy atom. The molecule has 1 aliphatic heterocycles. The van der Waals surface area contributed by atoms with E-state index in [0.29, 0.717) is 0 Å². The zero-order chi connectivity index (χ0) is 13.0. The molecule has 4 heteroatoms. The Balaban J connectivity index is 1.72. The van der Waals surface area contributed by atoms with Crippen LogP contribution in [-0.4, -0.2) is 87.2 Å². The summed E-state index contributed by atoms with van der Waals surface area (Å²) in [5, 5.41) is 3.50. The summed E-state index contributed by atoms with van der Waals surface area (Å²) in [5.41, 5.74) is 0. The lowest BCUT2D eigenvalue weighted by molar-refractivity contribution is 0.0841. The summed E-state index contributed by atoms with van der Waals surface area (Å²) < 4.78 is 0. The maximum atomic E-state index is 3.50. The number of rotatable bonds is 5. The van der Waals surface area contributed by atoms with Gasteiger partial charge in [-0.1, -0.05) is 6.42 Å². The summed E-state index contributed by atoms with van der Waals surface area (Å²) in [6.45, 7) is 7.43. The molecule has 1 N–H and O–H groups in total. The van der Waals surface area contributed by atoms with Crippen LogP contribution in [0.2, 0.25) is 0 Å². The van der Waals surface area contributed by atoms with Crippen LogP contribution in [0.5, 0.6) is 0 Å². The van der Waals surface area contributed by atoms with Crippen LogP contribution < -0.4 is 5.32 Å². The highest BCUT2D eigenvalue weighted by Crippen LogP contribution is 2.24. The first-order chi connectivity index (χ1) is 8.70. The van der Waals surface area contributed by atoms with Gasteiger partial charge in [0.25, 0.3) is 0 Å². The van der Waals surface area contributed by atoms with E-state index in [2.05, 4.69) is 41.2 Å². The minimum absolute atomic E-state index is 0.735. The van der Waals surface area contributed by atoms with Crippen molar-refractivity contribution in [3.63, 3.8) is 0 Å². The lowest BCUT2D eigenvalue weighted by atomic mass is 10.1. The van der Waals surface area contributed by atoms with Gasteiger partial charge < -0.3 is 10.2 Å². The third kappa shape index (κ3) is 3.67. The Labute approximate surface area is 112 Å². The Kier molecular flexibility index (Phi) is 5.42. The van der Waals surface area contributed by atoms with Gasteiger partial charge in [0.05, 0.1) is 0 Å². The van der Waals surface area contributed by atoms with Crippen LogP contribution >= 0.6 is 0 Å². The zero-order valence-electron chi connectivity index (χ0n) is 12.4. The highest BCUT2D eigenvalue weighted by Gasteiger charge is 2.32. The van der Waals surface area contributed by atoms with Crippen molar-refractivity contribution in [2.24, 2.45) is 0 Å². The van der Waals surface area contributed by atoms with Crippen LogP contribution in [-0.2, 0) is 0 Å². The molecule has 0 aromatic rings. The zero-order valence-corrected chi connectivity index (χ0v) is 12.4. The molecule has 0 spiro atoms. The minimum atomic E-state index is 0.735. The van der Waals surface area contributed by atoms with Gasteiger partial charge in [0.1, 0.15) is 0 Å². The molecule has 4 nitrogen and oxygen atoms in total. The topological polar surface area (TPSA) is 21.8 Å². The van der Waals surface area contributed by atoms with E-state index in [1.807, 2.05) is 0 Å². The molecule has 1 saturated heterocycles. The molecule has 0 bridgehead atoms. The van der Waals surface area contributed by atoms with Gasteiger partial charge in [0.2, 0.25) is 0 Å². The van der Waals surface area contributed by atoms with Gasteiger partial charge in [-0.2, -0.15) is 0 Å². The molecule has 1 heterocycles. The summed E-state index contributed by atoms with van der Waals surface area (Å²) >= 11 is 0. The second kappa shape index (κ2) is 6.85. The molecule has 106 valence electrons. The maximum absolute atomic E-state index is 3.50. The van der Waals surface area contributed by atoms with E-state index in [1.54, 1.807) is 0 Å². The summed E-state index contributed by atoms with van der Waals surface area (Å²) in [5.74, 6) is 0. The number of hydrogen-bond donors (Lipinski definition) is 1. The second-order valence-corrected chi connectivity index (χ2v) is 6.07. The van der Waals surface area contributed by atoms with Crippen LogP contribution in [0.3, 0.4) is 0 Å². The van der Waals surface area contributed by atoms with Gasteiger partial charge in [0, 0.05) is 51.4 Å². The van der Waals surface area contributed by atoms with E-state index in [9.17, 15) is 0 Å². The number of piperazine rings is 1. The summed E-state index contributed by atoms with van der Waals surface area (Å²) in [6.07, 6.45) is 4.15. The second-order valence-electron chi connectivity index (χ2n) is 6.07. The maximum Gasteiger partial charge on any atom is 0.0250 e. The van der Waals surface area contributed by atoms with Crippen LogP contribution in [0.1, 0.15) is 19.3 Å². The molecule has 2 atom stereocenters. The molecule has 1 aliphatic carbocycles. The molecule has 0 radical (unpaired) electrons. The van der Waals surface area contributed by atoms with E-state index in [4.69, 9.17) is 0 Å². The monoisotopic (exact) mass is 254 g/mol. The summed E-state index contributed by atoms with van der Waals surface area (Å²) in [6, 6.07) is 1.53. The largest absolute Gasteiger partial charge is 0.315 e. The first-order valence-electron chi connectivity index (χ1n) is 7.49. The average molecular weight is 254 g/mol. The molecule has 2 unspecified atom stereocenters. The number of nitrogens with one attached hydrogen (secondary N) is 1. The van der Waals surface area contributed by atoms with Crippen LogP contribution in [0.4, 0.5) is 0 Å². The number of nitrogens with zero attached hydrogens (tertiary/aromatic N) is 3. The van der Waals surface area contributed by atoms with E-state index in [-0.39, 0.29) is 0 Å². The first kappa shape index (κ1) is 14.3. The Hall–Kier alpha value is -0.160. The standard InChI is InChI=1S/C14H30N4/c1-15-13-5-4-6-14(13)18-11-9-17(10-12-18)8-7-16(2)3/h13-15H,4-12H2,1-3H3. The number of hydrogen-bond acceptors (Lipinski definition) is 4. The molecule has 0 aromatic carbocycles. The summed E-state index contributed by atoms with van der Waals surface area (Å²) in [7, 11) is 6.44. The van der Waals surface area contributed by atoms with Crippen molar-refractivity contribution in [3.05, 3.63) is 0 Å². The molecule has 1 saturated carbocycles. The molecule has 0 amide bonds. The van der Waals surface area contributed by atoms with Crippen molar-refractivity contribution in [2.75, 3.05) is 60.4 Å². The third-order valence-electron chi connectivity index (χ3n) is 4.59. The van der Waals surface area contributed by atoms with Gasteiger partial charge in [-0.3, -0.25) is 9.80 Å². The first-order valence-corrected chi connectivity index (χ1v) is 7.49. The number of likely N-dealkylation sites (N-methyl/N-ethyl adjacent to an activating group) is 2.